The fraction of sp³-hybridized carbons (Fsp3) is 0.462. The van der Waals surface area contributed by atoms with E-state index in [-0.39, 0.29) is 11.2 Å². The van der Waals surface area contributed by atoms with Gasteiger partial charge in [0.15, 0.2) is 0 Å². The molecule has 0 bridgehead atoms. The van der Waals surface area contributed by atoms with Gasteiger partial charge in [0, 0.05) is 25.2 Å². The van der Waals surface area contributed by atoms with E-state index in [0.29, 0.717) is 23.2 Å². The summed E-state index contributed by atoms with van der Waals surface area (Å²) >= 11 is 13.5. The van der Waals surface area contributed by atoms with Crippen molar-refractivity contribution in [3.8, 4) is 0 Å². The van der Waals surface area contributed by atoms with Crippen molar-refractivity contribution < 1.29 is 9.53 Å². The second kappa shape index (κ2) is 8.69. The first-order valence-corrected chi connectivity index (χ1v) is 7.57. The number of hydrogen-bond acceptors (Lipinski definition) is 3. The highest BCUT2D eigenvalue weighted by Gasteiger charge is 2.17. The summed E-state index contributed by atoms with van der Waals surface area (Å²) in [6, 6.07) is 5.31. The minimum absolute atomic E-state index is 0.0305. The Morgan fingerprint density at radius 3 is 2.63 bits per heavy atom. The van der Waals surface area contributed by atoms with Gasteiger partial charge >= 0.3 is 0 Å². The predicted octanol–water partition coefficient (Wildman–Crippen LogP) is 3.63. The van der Waals surface area contributed by atoms with E-state index in [2.05, 4.69) is 5.32 Å². The van der Waals surface area contributed by atoms with Crippen molar-refractivity contribution in [2.75, 3.05) is 20.3 Å². The molecule has 1 amide bonds. The fourth-order valence-electron chi connectivity index (χ4n) is 1.40. The SMILES string of the molecule is COCCCNC(=O)C(C)Sc1c(Cl)cccc1Cl. The summed E-state index contributed by atoms with van der Waals surface area (Å²) in [6.07, 6.45) is 0.798. The van der Waals surface area contributed by atoms with Gasteiger partial charge in [-0.1, -0.05) is 29.3 Å². The molecule has 1 aromatic rings. The lowest BCUT2D eigenvalue weighted by Crippen LogP contribution is -2.32. The molecule has 0 heterocycles. The van der Waals surface area contributed by atoms with Crippen LogP contribution in [-0.2, 0) is 9.53 Å². The summed E-state index contributed by atoms with van der Waals surface area (Å²) in [5, 5.41) is 3.73. The zero-order chi connectivity index (χ0) is 14.3. The van der Waals surface area contributed by atoms with Crippen molar-refractivity contribution in [2.24, 2.45) is 0 Å². The van der Waals surface area contributed by atoms with Gasteiger partial charge in [0.1, 0.15) is 0 Å². The Bertz CT molecular complexity index is 409. The van der Waals surface area contributed by atoms with Gasteiger partial charge in [-0.3, -0.25) is 4.79 Å². The number of benzene rings is 1. The van der Waals surface area contributed by atoms with Crippen LogP contribution in [0, 0.1) is 0 Å². The van der Waals surface area contributed by atoms with E-state index in [1.54, 1.807) is 25.3 Å². The average molecular weight is 322 g/mol. The van der Waals surface area contributed by atoms with Crippen LogP contribution in [0.15, 0.2) is 23.1 Å². The van der Waals surface area contributed by atoms with Gasteiger partial charge in [0.25, 0.3) is 0 Å². The number of ether oxygens (including phenoxy) is 1. The predicted molar refractivity (Wildman–Crippen MR) is 81.3 cm³/mol. The molecular weight excluding hydrogens is 305 g/mol. The number of halogens is 2. The standard InChI is InChI=1S/C13H17Cl2NO2S/c1-9(13(17)16-7-4-8-18-2)19-12-10(14)5-3-6-11(12)15/h3,5-6,9H,4,7-8H2,1-2H3,(H,16,17). The Kier molecular flexibility index (Phi) is 7.61. The van der Waals surface area contributed by atoms with Crippen molar-refractivity contribution in [3.05, 3.63) is 28.2 Å². The van der Waals surface area contributed by atoms with Gasteiger partial charge in [0.2, 0.25) is 5.91 Å². The third kappa shape index (κ3) is 5.61. The first-order valence-electron chi connectivity index (χ1n) is 5.93. The molecule has 0 aliphatic rings. The lowest BCUT2D eigenvalue weighted by atomic mass is 10.4. The summed E-state index contributed by atoms with van der Waals surface area (Å²) in [5.41, 5.74) is 0. The highest BCUT2D eigenvalue weighted by Crippen LogP contribution is 2.36. The molecule has 1 unspecified atom stereocenters. The zero-order valence-corrected chi connectivity index (χ0v) is 13.2. The number of nitrogens with one attached hydrogen (secondary N) is 1. The van der Waals surface area contributed by atoms with Crippen molar-refractivity contribution >= 4 is 40.9 Å². The quantitative estimate of drug-likeness (QED) is 0.615. The molecule has 0 aliphatic carbocycles. The average Bonchev–Trinajstić information content (AvgIpc) is 2.38. The van der Waals surface area contributed by atoms with Crippen LogP contribution in [0.2, 0.25) is 10.0 Å². The topological polar surface area (TPSA) is 38.3 Å². The monoisotopic (exact) mass is 321 g/mol. The molecule has 0 spiro atoms. The molecular formula is C13H17Cl2NO2S. The van der Waals surface area contributed by atoms with E-state index in [1.807, 2.05) is 6.92 Å². The summed E-state index contributed by atoms with van der Waals surface area (Å²) in [4.78, 5) is 12.6. The molecule has 1 atom stereocenters. The minimum Gasteiger partial charge on any atom is -0.385 e. The summed E-state index contributed by atoms with van der Waals surface area (Å²) in [5.74, 6) is -0.0305. The van der Waals surface area contributed by atoms with E-state index >= 15 is 0 Å². The Balaban J connectivity index is 2.50. The molecule has 0 radical (unpaired) electrons. The maximum atomic E-state index is 11.9. The van der Waals surface area contributed by atoms with Gasteiger partial charge in [-0.05, 0) is 25.5 Å². The van der Waals surface area contributed by atoms with Crippen LogP contribution in [0.1, 0.15) is 13.3 Å². The molecule has 0 fully saturated rings. The molecule has 106 valence electrons. The normalized spacial score (nSPS) is 12.2. The number of carbonyl (C=O) groups is 1. The molecule has 6 heteroatoms. The highest BCUT2D eigenvalue weighted by atomic mass is 35.5. The van der Waals surface area contributed by atoms with Crippen LogP contribution in [0.4, 0.5) is 0 Å². The first-order chi connectivity index (χ1) is 9.06. The van der Waals surface area contributed by atoms with E-state index in [9.17, 15) is 4.79 Å². The molecule has 0 saturated carbocycles. The van der Waals surface area contributed by atoms with Crippen LogP contribution in [-0.4, -0.2) is 31.4 Å². The van der Waals surface area contributed by atoms with Crippen molar-refractivity contribution in [1.82, 2.24) is 5.32 Å². The van der Waals surface area contributed by atoms with Gasteiger partial charge < -0.3 is 10.1 Å². The molecule has 3 nitrogen and oxygen atoms in total. The van der Waals surface area contributed by atoms with E-state index < -0.39 is 0 Å². The Hall–Kier alpha value is -0.420. The maximum absolute atomic E-state index is 11.9. The highest BCUT2D eigenvalue weighted by molar-refractivity contribution is 8.00. The van der Waals surface area contributed by atoms with E-state index in [4.69, 9.17) is 27.9 Å². The zero-order valence-electron chi connectivity index (χ0n) is 10.9. The number of hydrogen-bond donors (Lipinski definition) is 1. The van der Waals surface area contributed by atoms with E-state index in [0.717, 1.165) is 11.3 Å². The fourth-order valence-corrected chi connectivity index (χ4v) is 2.97. The molecule has 1 aromatic carbocycles. The van der Waals surface area contributed by atoms with Gasteiger partial charge in [0.05, 0.1) is 15.3 Å². The third-order valence-electron chi connectivity index (χ3n) is 2.41. The Morgan fingerprint density at radius 1 is 1.42 bits per heavy atom. The van der Waals surface area contributed by atoms with E-state index in [1.165, 1.54) is 11.8 Å². The van der Waals surface area contributed by atoms with Crippen molar-refractivity contribution in [3.63, 3.8) is 0 Å². The van der Waals surface area contributed by atoms with Crippen LogP contribution >= 0.6 is 35.0 Å². The van der Waals surface area contributed by atoms with Gasteiger partial charge in [-0.15, -0.1) is 11.8 Å². The lowest BCUT2D eigenvalue weighted by molar-refractivity contribution is -0.120. The largest absolute Gasteiger partial charge is 0.385 e. The lowest BCUT2D eigenvalue weighted by Gasteiger charge is -2.13. The number of amides is 1. The second-order valence-electron chi connectivity index (χ2n) is 3.95. The smallest absolute Gasteiger partial charge is 0.233 e. The summed E-state index contributed by atoms with van der Waals surface area (Å²) < 4.78 is 4.92. The molecule has 19 heavy (non-hydrogen) atoms. The second-order valence-corrected chi connectivity index (χ2v) is 6.11. The maximum Gasteiger partial charge on any atom is 0.233 e. The van der Waals surface area contributed by atoms with Gasteiger partial charge in [-0.2, -0.15) is 0 Å². The molecule has 0 saturated heterocycles. The summed E-state index contributed by atoms with van der Waals surface area (Å²) in [7, 11) is 1.64. The Labute approximate surface area is 128 Å². The molecule has 0 aliphatic heterocycles. The third-order valence-corrected chi connectivity index (χ3v) is 4.50. The van der Waals surface area contributed by atoms with Crippen LogP contribution < -0.4 is 5.32 Å². The number of carbonyl (C=O) groups excluding carboxylic acids is 1. The van der Waals surface area contributed by atoms with Crippen molar-refractivity contribution in [2.45, 2.75) is 23.5 Å². The number of rotatable bonds is 7. The Morgan fingerprint density at radius 2 is 2.05 bits per heavy atom. The molecule has 1 N–H and O–H groups in total. The summed E-state index contributed by atoms with van der Waals surface area (Å²) in [6.45, 7) is 3.07. The molecule has 0 aromatic heterocycles. The number of thioether (sulfide) groups is 1. The van der Waals surface area contributed by atoms with Crippen LogP contribution in [0.5, 0.6) is 0 Å². The molecule has 1 rings (SSSR count). The van der Waals surface area contributed by atoms with Gasteiger partial charge in [-0.25, -0.2) is 0 Å². The van der Waals surface area contributed by atoms with Crippen LogP contribution in [0.25, 0.3) is 0 Å². The first kappa shape index (κ1) is 16.6. The minimum atomic E-state index is -0.250. The van der Waals surface area contributed by atoms with Crippen molar-refractivity contribution in [1.29, 1.82) is 0 Å². The van der Waals surface area contributed by atoms with Crippen LogP contribution in [0.3, 0.4) is 0 Å². The number of methoxy groups -OCH3 is 1.